The van der Waals surface area contributed by atoms with Crippen LogP contribution in [0.3, 0.4) is 0 Å². The number of aromatic amines is 1. The number of nitrogens with zero attached hydrogens (tertiary/aromatic N) is 3. The molecule has 0 unspecified atom stereocenters. The first-order chi connectivity index (χ1) is 12.4. The topological polar surface area (TPSA) is 108 Å². The summed E-state index contributed by atoms with van der Waals surface area (Å²) in [6.07, 6.45) is 3.37. The number of sulfone groups is 1. The van der Waals surface area contributed by atoms with Crippen molar-refractivity contribution in [2.45, 2.75) is 25.0 Å². The predicted molar refractivity (Wildman–Crippen MR) is 103 cm³/mol. The van der Waals surface area contributed by atoms with Crippen molar-refractivity contribution in [1.29, 1.82) is 0 Å². The third-order valence-corrected chi connectivity index (χ3v) is 5.97. The molecule has 1 saturated heterocycles. The molecule has 1 aliphatic heterocycles. The molecular formula is C16H20BrN5O3S. The van der Waals surface area contributed by atoms with Gasteiger partial charge in [-0.1, -0.05) is 28.1 Å². The van der Waals surface area contributed by atoms with Crippen molar-refractivity contribution in [1.82, 2.24) is 15.2 Å². The summed E-state index contributed by atoms with van der Waals surface area (Å²) in [7, 11) is -3.59. The third-order valence-electron chi connectivity index (χ3n) is 4.00. The van der Waals surface area contributed by atoms with Crippen LogP contribution in [0.5, 0.6) is 0 Å². The number of rotatable bonds is 6. The van der Waals surface area contributed by atoms with Crippen LogP contribution in [0.2, 0.25) is 0 Å². The Hall–Kier alpha value is -1.94. The minimum atomic E-state index is -3.59. The Morgan fingerprint density at radius 3 is 2.77 bits per heavy atom. The second-order valence-corrected chi connectivity index (χ2v) is 9.22. The van der Waals surface area contributed by atoms with Crippen molar-refractivity contribution in [3.63, 3.8) is 0 Å². The van der Waals surface area contributed by atoms with Gasteiger partial charge in [0, 0.05) is 17.6 Å². The van der Waals surface area contributed by atoms with E-state index in [0.29, 0.717) is 11.5 Å². The van der Waals surface area contributed by atoms with E-state index in [-0.39, 0.29) is 11.7 Å². The van der Waals surface area contributed by atoms with E-state index in [2.05, 4.69) is 36.4 Å². The zero-order valence-corrected chi connectivity index (χ0v) is 16.5. The van der Waals surface area contributed by atoms with Crippen molar-refractivity contribution in [3.8, 4) is 0 Å². The molecule has 0 spiro atoms. The Bertz CT molecular complexity index is 878. The summed E-state index contributed by atoms with van der Waals surface area (Å²) in [5.41, 5.74) is 0.624. The molecule has 2 N–H and O–H groups in total. The molecule has 0 aliphatic carbocycles. The molecule has 8 nitrogen and oxygen atoms in total. The lowest BCUT2D eigenvalue weighted by Gasteiger charge is -2.24. The van der Waals surface area contributed by atoms with Gasteiger partial charge in [0.1, 0.15) is 5.75 Å². The highest BCUT2D eigenvalue weighted by Crippen LogP contribution is 2.17. The fraction of sp³-hybridized carbons (Fsp3) is 0.438. The van der Waals surface area contributed by atoms with Gasteiger partial charge in [-0.2, -0.15) is 4.98 Å². The lowest BCUT2D eigenvalue weighted by atomic mass is 10.1. The van der Waals surface area contributed by atoms with Crippen LogP contribution >= 0.6 is 15.9 Å². The summed E-state index contributed by atoms with van der Waals surface area (Å²) >= 11 is 3.30. The zero-order chi connectivity index (χ0) is 18.6. The van der Waals surface area contributed by atoms with Gasteiger partial charge < -0.3 is 4.90 Å². The van der Waals surface area contributed by atoms with Crippen molar-refractivity contribution >= 4 is 43.6 Å². The number of carbonyl (C=O) groups is 1. The number of benzene rings is 1. The monoisotopic (exact) mass is 441 g/mol. The van der Waals surface area contributed by atoms with Crippen molar-refractivity contribution in [3.05, 3.63) is 34.3 Å². The van der Waals surface area contributed by atoms with E-state index in [9.17, 15) is 13.2 Å². The van der Waals surface area contributed by atoms with Crippen LogP contribution in [-0.4, -0.2) is 48.3 Å². The molecule has 140 valence electrons. The van der Waals surface area contributed by atoms with Gasteiger partial charge in [-0.15, -0.1) is 5.10 Å². The number of amides is 1. The number of H-pyrrole nitrogens is 1. The molecule has 1 fully saturated rings. The number of aromatic nitrogens is 3. The SMILES string of the molecule is O=C(CS(=O)(=O)Cc1cccc(Br)c1)Nc1nc(N2CCCCC2)n[nH]1. The Balaban J connectivity index is 1.57. The first kappa shape index (κ1) is 18.8. The highest BCUT2D eigenvalue weighted by Gasteiger charge is 2.20. The van der Waals surface area contributed by atoms with Crippen molar-refractivity contribution < 1.29 is 13.2 Å². The fourth-order valence-corrected chi connectivity index (χ4v) is 4.55. The summed E-state index contributed by atoms with van der Waals surface area (Å²) in [5.74, 6) is -0.763. The minimum absolute atomic E-state index is 0.160. The third kappa shape index (κ3) is 5.28. The molecule has 1 amide bonds. The van der Waals surface area contributed by atoms with Gasteiger partial charge in [0.25, 0.3) is 0 Å². The van der Waals surface area contributed by atoms with E-state index in [1.54, 1.807) is 18.2 Å². The maximum Gasteiger partial charge on any atom is 0.246 e. The molecule has 3 rings (SSSR count). The number of carbonyl (C=O) groups excluding carboxylic acids is 1. The predicted octanol–water partition coefficient (Wildman–Crippen LogP) is 2.11. The lowest BCUT2D eigenvalue weighted by Crippen LogP contribution is -2.30. The van der Waals surface area contributed by atoms with E-state index in [4.69, 9.17) is 0 Å². The van der Waals surface area contributed by atoms with Gasteiger partial charge in [0.15, 0.2) is 9.84 Å². The Morgan fingerprint density at radius 1 is 1.27 bits per heavy atom. The van der Waals surface area contributed by atoms with Crippen LogP contribution in [0.4, 0.5) is 11.9 Å². The number of anilines is 2. The molecule has 1 aliphatic rings. The number of piperidine rings is 1. The molecular weight excluding hydrogens is 422 g/mol. The Kier molecular flexibility index (Phi) is 5.92. The first-order valence-corrected chi connectivity index (χ1v) is 10.9. The lowest BCUT2D eigenvalue weighted by molar-refractivity contribution is -0.113. The maximum atomic E-state index is 12.2. The Morgan fingerprint density at radius 2 is 2.04 bits per heavy atom. The summed E-state index contributed by atoms with van der Waals surface area (Å²) < 4.78 is 25.3. The van der Waals surface area contributed by atoms with Gasteiger partial charge in [0.05, 0.1) is 5.75 Å². The molecule has 1 aromatic carbocycles. The smallest absolute Gasteiger partial charge is 0.246 e. The molecule has 0 atom stereocenters. The van der Waals surface area contributed by atoms with Crippen LogP contribution < -0.4 is 10.2 Å². The largest absolute Gasteiger partial charge is 0.340 e. The molecule has 0 bridgehead atoms. The second-order valence-electron chi connectivity index (χ2n) is 6.24. The molecule has 0 radical (unpaired) electrons. The molecule has 1 aromatic heterocycles. The summed E-state index contributed by atoms with van der Waals surface area (Å²) in [5, 5.41) is 9.20. The number of nitrogens with one attached hydrogen (secondary N) is 2. The molecule has 26 heavy (non-hydrogen) atoms. The minimum Gasteiger partial charge on any atom is -0.340 e. The van der Waals surface area contributed by atoms with Crippen LogP contribution in [0.15, 0.2) is 28.7 Å². The standard InChI is InChI=1S/C16H20BrN5O3S/c17-13-6-4-5-12(9-13)10-26(24,25)11-14(23)18-15-19-16(21-20-15)22-7-2-1-3-8-22/h4-6,9H,1-3,7-8,10-11H2,(H2,18,19,20,21,23). The fourth-order valence-electron chi connectivity index (χ4n) is 2.84. The average Bonchev–Trinajstić information content (AvgIpc) is 3.03. The number of hydrogen-bond donors (Lipinski definition) is 2. The summed E-state index contributed by atoms with van der Waals surface area (Å²) in [6.45, 7) is 1.76. The molecule has 2 heterocycles. The van der Waals surface area contributed by atoms with E-state index >= 15 is 0 Å². The van der Waals surface area contributed by atoms with E-state index in [1.165, 1.54) is 6.42 Å². The van der Waals surface area contributed by atoms with Gasteiger partial charge in [-0.25, -0.2) is 13.5 Å². The molecule has 0 saturated carbocycles. The molecule has 10 heteroatoms. The normalized spacial score (nSPS) is 15.0. The summed E-state index contributed by atoms with van der Waals surface area (Å²) in [6, 6.07) is 7.00. The first-order valence-electron chi connectivity index (χ1n) is 8.33. The van der Waals surface area contributed by atoms with E-state index in [1.807, 2.05) is 11.0 Å². The molecule has 2 aromatic rings. The Labute approximate surface area is 160 Å². The maximum absolute atomic E-state index is 12.2. The van der Waals surface area contributed by atoms with Crippen molar-refractivity contribution in [2.24, 2.45) is 0 Å². The quantitative estimate of drug-likeness (QED) is 0.710. The van der Waals surface area contributed by atoms with E-state index in [0.717, 1.165) is 30.4 Å². The van der Waals surface area contributed by atoms with Gasteiger partial charge in [0.2, 0.25) is 17.8 Å². The second kappa shape index (κ2) is 8.17. The highest BCUT2D eigenvalue weighted by atomic mass is 79.9. The van der Waals surface area contributed by atoms with Gasteiger partial charge >= 0.3 is 0 Å². The van der Waals surface area contributed by atoms with Gasteiger partial charge in [-0.05, 0) is 37.0 Å². The van der Waals surface area contributed by atoms with Crippen LogP contribution in [0.25, 0.3) is 0 Å². The summed E-state index contributed by atoms with van der Waals surface area (Å²) in [4.78, 5) is 18.3. The average molecular weight is 442 g/mol. The van der Waals surface area contributed by atoms with Crippen LogP contribution in [0, 0.1) is 0 Å². The number of hydrogen-bond acceptors (Lipinski definition) is 6. The van der Waals surface area contributed by atoms with Crippen LogP contribution in [-0.2, 0) is 20.4 Å². The highest BCUT2D eigenvalue weighted by molar-refractivity contribution is 9.10. The van der Waals surface area contributed by atoms with Crippen LogP contribution in [0.1, 0.15) is 24.8 Å². The van der Waals surface area contributed by atoms with Gasteiger partial charge in [-0.3, -0.25) is 10.1 Å². The number of halogens is 1. The zero-order valence-electron chi connectivity index (χ0n) is 14.1. The van der Waals surface area contributed by atoms with Crippen molar-refractivity contribution in [2.75, 3.05) is 29.1 Å². The van der Waals surface area contributed by atoms with E-state index < -0.39 is 21.5 Å².